The number of nitrogens with zero attached hydrogens (tertiary/aromatic N) is 4. The van der Waals surface area contributed by atoms with Crippen molar-refractivity contribution in [1.82, 2.24) is 19.4 Å². The van der Waals surface area contributed by atoms with Crippen LogP contribution in [0.4, 0.5) is 13.2 Å². The second-order valence-corrected chi connectivity index (χ2v) is 5.46. The van der Waals surface area contributed by atoms with Gasteiger partial charge in [-0.05, 0) is 25.0 Å². The Kier molecular flexibility index (Phi) is 4.06. The van der Waals surface area contributed by atoms with Crippen molar-refractivity contribution in [2.75, 3.05) is 13.1 Å². The van der Waals surface area contributed by atoms with Crippen LogP contribution in [0.25, 0.3) is 0 Å². The molecule has 3 heterocycles. The average Bonchev–Trinajstić information content (AvgIpc) is 3.08. The molecule has 1 saturated heterocycles. The molecule has 5 nitrogen and oxygen atoms in total. The van der Waals surface area contributed by atoms with Gasteiger partial charge in [-0.15, -0.1) is 0 Å². The van der Waals surface area contributed by atoms with Gasteiger partial charge in [0.2, 0.25) is 0 Å². The molecule has 1 amide bonds. The molecule has 0 radical (unpaired) electrons. The van der Waals surface area contributed by atoms with E-state index in [-0.39, 0.29) is 11.6 Å². The normalized spacial score (nSPS) is 16.6. The number of carbonyl (C=O) groups excluding carboxylic acids is 1. The fraction of sp³-hybridized carbons (Fsp3) is 0.400. The van der Waals surface area contributed by atoms with Crippen molar-refractivity contribution < 1.29 is 18.0 Å². The van der Waals surface area contributed by atoms with E-state index in [0.717, 1.165) is 25.0 Å². The maximum absolute atomic E-state index is 12.5. The summed E-state index contributed by atoms with van der Waals surface area (Å²) in [5, 5.41) is 0. The zero-order valence-corrected chi connectivity index (χ0v) is 12.2. The molecule has 0 saturated carbocycles. The van der Waals surface area contributed by atoms with E-state index in [2.05, 4.69) is 9.97 Å². The van der Waals surface area contributed by atoms with Gasteiger partial charge in [0.25, 0.3) is 5.91 Å². The Morgan fingerprint density at radius 3 is 2.48 bits per heavy atom. The second kappa shape index (κ2) is 6.02. The molecule has 0 unspecified atom stereocenters. The molecule has 0 spiro atoms. The van der Waals surface area contributed by atoms with Crippen molar-refractivity contribution >= 4 is 5.91 Å². The Hall–Kier alpha value is -2.38. The number of likely N-dealkylation sites (tertiary alicyclic amines) is 1. The van der Waals surface area contributed by atoms with E-state index in [1.54, 1.807) is 17.4 Å². The lowest BCUT2D eigenvalue weighted by atomic mass is 10.0. The van der Waals surface area contributed by atoms with Crippen LogP contribution in [0.5, 0.6) is 0 Å². The first-order valence-corrected chi connectivity index (χ1v) is 7.25. The van der Waals surface area contributed by atoms with E-state index in [1.165, 1.54) is 0 Å². The van der Waals surface area contributed by atoms with Crippen LogP contribution >= 0.6 is 0 Å². The summed E-state index contributed by atoms with van der Waals surface area (Å²) in [5.74, 6) is -0.331. The molecule has 0 aliphatic carbocycles. The van der Waals surface area contributed by atoms with Gasteiger partial charge in [0.1, 0.15) is 5.69 Å². The zero-order valence-electron chi connectivity index (χ0n) is 12.2. The molecule has 8 heteroatoms. The summed E-state index contributed by atoms with van der Waals surface area (Å²) in [5.41, 5.74) is -0.813. The fourth-order valence-corrected chi connectivity index (χ4v) is 2.70. The Bertz CT molecular complexity index is 659. The number of imidazole rings is 1. The van der Waals surface area contributed by atoms with Crippen LogP contribution in [0.15, 0.2) is 37.1 Å². The summed E-state index contributed by atoms with van der Waals surface area (Å²) in [7, 11) is 0. The highest BCUT2D eigenvalue weighted by Gasteiger charge is 2.31. The summed E-state index contributed by atoms with van der Waals surface area (Å²) in [6, 6.07) is 2.31. The smallest absolute Gasteiger partial charge is 0.337 e. The molecule has 0 atom stereocenters. The van der Waals surface area contributed by atoms with Gasteiger partial charge in [-0.1, -0.05) is 0 Å². The van der Waals surface area contributed by atoms with E-state index < -0.39 is 11.7 Å². The molecule has 1 fully saturated rings. The Balaban J connectivity index is 1.63. The number of pyridine rings is 1. The zero-order chi connectivity index (χ0) is 16.4. The first kappa shape index (κ1) is 15.5. The molecular weight excluding hydrogens is 309 g/mol. The van der Waals surface area contributed by atoms with Gasteiger partial charge in [-0.2, -0.15) is 13.2 Å². The maximum atomic E-state index is 12.5. The van der Waals surface area contributed by atoms with Gasteiger partial charge in [0, 0.05) is 37.7 Å². The number of hydrogen-bond acceptors (Lipinski definition) is 3. The lowest BCUT2D eigenvalue weighted by molar-refractivity contribution is -0.137. The van der Waals surface area contributed by atoms with Crippen molar-refractivity contribution in [3.63, 3.8) is 0 Å². The number of amides is 1. The van der Waals surface area contributed by atoms with Crippen LogP contribution in [-0.2, 0) is 6.18 Å². The van der Waals surface area contributed by atoms with E-state index >= 15 is 0 Å². The molecule has 3 rings (SSSR count). The van der Waals surface area contributed by atoms with Crippen molar-refractivity contribution in [3.05, 3.63) is 48.3 Å². The van der Waals surface area contributed by atoms with Crippen molar-refractivity contribution in [2.24, 2.45) is 0 Å². The van der Waals surface area contributed by atoms with E-state index in [9.17, 15) is 18.0 Å². The van der Waals surface area contributed by atoms with Gasteiger partial charge in [0.05, 0.1) is 11.9 Å². The number of aromatic nitrogens is 3. The predicted molar refractivity (Wildman–Crippen MR) is 75.6 cm³/mol. The van der Waals surface area contributed by atoms with Crippen LogP contribution in [0.3, 0.4) is 0 Å². The number of rotatable bonds is 2. The minimum absolute atomic E-state index is 0.0408. The van der Waals surface area contributed by atoms with Gasteiger partial charge in [-0.3, -0.25) is 9.78 Å². The van der Waals surface area contributed by atoms with Crippen LogP contribution in [0, 0.1) is 0 Å². The van der Waals surface area contributed by atoms with Crippen LogP contribution < -0.4 is 0 Å². The molecule has 0 bridgehead atoms. The van der Waals surface area contributed by atoms with Crippen molar-refractivity contribution in [3.8, 4) is 0 Å². The SMILES string of the molecule is O=C(c1ccc(C(F)(F)F)cn1)N1CCC(n2ccnc2)CC1. The van der Waals surface area contributed by atoms with Crippen LogP contribution in [0.2, 0.25) is 0 Å². The lowest BCUT2D eigenvalue weighted by Gasteiger charge is -2.32. The molecule has 122 valence electrons. The number of hydrogen-bond donors (Lipinski definition) is 0. The largest absolute Gasteiger partial charge is 0.417 e. The fourth-order valence-electron chi connectivity index (χ4n) is 2.70. The summed E-state index contributed by atoms with van der Waals surface area (Å²) < 4.78 is 39.5. The first-order chi connectivity index (χ1) is 10.9. The summed E-state index contributed by atoms with van der Waals surface area (Å²) in [6.45, 7) is 1.09. The average molecular weight is 324 g/mol. The van der Waals surface area contributed by atoms with Crippen molar-refractivity contribution in [1.29, 1.82) is 0 Å². The highest BCUT2D eigenvalue weighted by atomic mass is 19.4. The third kappa shape index (κ3) is 3.35. The summed E-state index contributed by atoms with van der Waals surface area (Å²) in [4.78, 5) is 21.6. The highest BCUT2D eigenvalue weighted by molar-refractivity contribution is 5.92. The van der Waals surface area contributed by atoms with Crippen LogP contribution in [-0.4, -0.2) is 38.4 Å². The molecule has 0 aromatic carbocycles. The quantitative estimate of drug-likeness (QED) is 0.853. The monoisotopic (exact) mass is 324 g/mol. The summed E-state index contributed by atoms with van der Waals surface area (Å²) >= 11 is 0. The molecule has 2 aromatic heterocycles. The van der Waals surface area contributed by atoms with E-state index in [0.29, 0.717) is 25.3 Å². The van der Waals surface area contributed by atoms with Crippen molar-refractivity contribution in [2.45, 2.75) is 25.1 Å². The first-order valence-electron chi connectivity index (χ1n) is 7.25. The number of piperidine rings is 1. The van der Waals surface area contributed by atoms with E-state index in [4.69, 9.17) is 0 Å². The van der Waals surface area contributed by atoms with E-state index in [1.807, 2.05) is 10.8 Å². The van der Waals surface area contributed by atoms with Crippen LogP contribution in [0.1, 0.15) is 34.9 Å². The highest BCUT2D eigenvalue weighted by Crippen LogP contribution is 2.29. The Morgan fingerprint density at radius 2 is 1.96 bits per heavy atom. The third-order valence-electron chi connectivity index (χ3n) is 4.01. The Labute approximate surface area is 130 Å². The molecule has 1 aliphatic rings. The molecule has 1 aliphatic heterocycles. The predicted octanol–water partition coefficient (Wildman–Crippen LogP) is 2.77. The molecule has 23 heavy (non-hydrogen) atoms. The minimum Gasteiger partial charge on any atom is -0.337 e. The lowest BCUT2D eigenvalue weighted by Crippen LogP contribution is -2.39. The van der Waals surface area contributed by atoms with Gasteiger partial charge in [-0.25, -0.2) is 4.98 Å². The summed E-state index contributed by atoms with van der Waals surface area (Å²) in [6.07, 6.45) is 3.16. The van der Waals surface area contributed by atoms with Gasteiger partial charge < -0.3 is 9.47 Å². The number of alkyl halides is 3. The minimum atomic E-state index is -4.45. The Morgan fingerprint density at radius 1 is 1.22 bits per heavy atom. The topological polar surface area (TPSA) is 51.0 Å². The van der Waals surface area contributed by atoms with Gasteiger partial charge in [0.15, 0.2) is 0 Å². The second-order valence-electron chi connectivity index (χ2n) is 5.46. The third-order valence-corrected chi connectivity index (χ3v) is 4.01. The molecular formula is C15H15F3N4O. The molecule has 2 aromatic rings. The maximum Gasteiger partial charge on any atom is 0.417 e. The van der Waals surface area contributed by atoms with Gasteiger partial charge >= 0.3 is 6.18 Å². The molecule has 0 N–H and O–H groups in total. The standard InChI is InChI=1S/C15H15F3N4O/c16-15(17,18)11-1-2-13(20-9-11)14(23)21-6-3-12(4-7-21)22-8-5-19-10-22/h1-2,5,8-10,12H,3-4,6-7H2. The number of halogens is 3. The number of carbonyl (C=O) groups is 1.